The van der Waals surface area contributed by atoms with Crippen molar-refractivity contribution in [2.45, 2.75) is 51.7 Å². The third kappa shape index (κ3) is 4.83. The number of hydrogen-bond acceptors (Lipinski definition) is 3. The Hall–Kier alpha value is -0.800. The summed E-state index contributed by atoms with van der Waals surface area (Å²) in [7, 11) is 0. The summed E-state index contributed by atoms with van der Waals surface area (Å²) in [6.07, 6.45) is 8.24. The molecule has 0 amide bonds. The van der Waals surface area contributed by atoms with Crippen LogP contribution in [-0.2, 0) is 11.3 Å². The molecule has 2 unspecified atom stereocenters. The second kappa shape index (κ2) is 7.59. The van der Waals surface area contributed by atoms with Crippen LogP contribution < -0.4 is 5.32 Å². The van der Waals surface area contributed by atoms with Gasteiger partial charge >= 0.3 is 0 Å². The van der Waals surface area contributed by atoms with E-state index in [0.717, 1.165) is 37.3 Å². The summed E-state index contributed by atoms with van der Waals surface area (Å²) in [5, 5.41) is 3.64. The van der Waals surface area contributed by atoms with Gasteiger partial charge in [-0.25, -0.2) is 0 Å². The lowest BCUT2D eigenvalue weighted by molar-refractivity contribution is 0.103. The molecule has 1 aromatic heterocycles. The SMILES string of the molecule is CC1CCCC(NCCCOCc2ccco2)C1. The maximum absolute atomic E-state index is 5.55. The van der Waals surface area contributed by atoms with Crippen molar-refractivity contribution in [2.24, 2.45) is 5.92 Å². The van der Waals surface area contributed by atoms with E-state index < -0.39 is 0 Å². The second-order valence-electron chi connectivity index (χ2n) is 5.41. The number of furan rings is 1. The minimum atomic E-state index is 0.591. The van der Waals surface area contributed by atoms with E-state index >= 15 is 0 Å². The molecule has 102 valence electrons. The van der Waals surface area contributed by atoms with Gasteiger partial charge in [0.1, 0.15) is 12.4 Å². The molecule has 0 saturated heterocycles. The Morgan fingerprint density at radius 3 is 3.17 bits per heavy atom. The zero-order chi connectivity index (χ0) is 12.6. The van der Waals surface area contributed by atoms with E-state index in [1.165, 1.54) is 25.7 Å². The third-order valence-corrected chi connectivity index (χ3v) is 3.66. The van der Waals surface area contributed by atoms with E-state index in [1.54, 1.807) is 6.26 Å². The Kier molecular flexibility index (Phi) is 5.75. The second-order valence-corrected chi connectivity index (χ2v) is 5.41. The van der Waals surface area contributed by atoms with Crippen molar-refractivity contribution < 1.29 is 9.15 Å². The van der Waals surface area contributed by atoms with Gasteiger partial charge in [0.05, 0.1) is 6.26 Å². The Morgan fingerprint density at radius 2 is 2.39 bits per heavy atom. The van der Waals surface area contributed by atoms with Gasteiger partial charge in [0.25, 0.3) is 0 Å². The zero-order valence-corrected chi connectivity index (χ0v) is 11.4. The fourth-order valence-corrected chi connectivity index (χ4v) is 2.67. The standard InChI is InChI=1S/C15H25NO2/c1-13-5-2-6-14(11-13)16-8-4-9-17-12-15-7-3-10-18-15/h3,7,10,13-14,16H,2,4-6,8-9,11-12H2,1H3. The summed E-state index contributed by atoms with van der Waals surface area (Å²) in [5.74, 6) is 1.80. The van der Waals surface area contributed by atoms with Gasteiger partial charge in [-0.2, -0.15) is 0 Å². The highest BCUT2D eigenvalue weighted by Crippen LogP contribution is 2.23. The number of rotatable bonds is 7. The van der Waals surface area contributed by atoms with Crippen LogP contribution in [0.5, 0.6) is 0 Å². The summed E-state index contributed by atoms with van der Waals surface area (Å²) in [6.45, 7) is 4.82. The van der Waals surface area contributed by atoms with Gasteiger partial charge < -0.3 is 14.5 Å². The predicted molar refractivity (Wildman–Crippen MR) is 72.4 cm³/mol. The van der Waals surface area contributed by atoms with Gasteiger partial charge in [-0.05, 0) is 43.9 Å². The third-order valence-electron chi connectivity index (χ3n) is 3.66. The highest BCUT2D eigenvalue weighted by atomic mass is 16.5. The monoisotopic (exact) mass is 251 g/mol. The quantitative estimate of drug-likeness (QED) is 0.755. The molecule has 0 bridgehead atoms. The maximum atomic E-state index is 5.55. The molecule has 1 fully saturated rings. The molecule has 3 heteroatoms. The first-order valence-corrected chi connectivity index (χ1v) is 7.18. The van der Waals surface area contributed by atoms with Crippen LogP contribution in [0.25, 0.3) is 0 Å². The Labute approximate surface area is 110 Å². The van der Waals surface area contributed by atoms with Crippen molar-refractivity contribution in [3.8, 4) is 0 Å². The van der Waals surface area contributed by atoms with Gasteiger partial charge in [0.2, 0.25) is 0 Å². The highest BCUT2D eigenvalue weighted by Gasteiger charge is 2.17. The first-order chi connectivity index (χ1) is 8.84. The summed E-state index contributed by atoms with van der Waals surface area (Å²) in [4.78, 5) is 0. The summed E-state index contributed by atoms with van der Waals surface area (Å²) in [5.41, 5.74) is 0. The minimum absolute atomic E-state index is 0.591. The average molecular weight is 251 g/mol. The Morgan fingerprint density at radius 1 is 1.44 bits per heavy atom. The molecule has 1 N–H and O–H groups in total. The zero-order valence-electron chi connectivity index (χ0n) is 11.4. The van der Waals surface area contributed by atoms with Crippen LogP contribution in [0.4, 0.5) is 0 Å². The molecule has 1 aliphatic carbocycles. The number of nitrogens with one attached hydrogen (secondary N) is 1. The van der Waals surface area contributed by atoms with Crippen LogP contribution in [0.3, 0.4) is 0 Å². The molecule has 1 aliphatic rings. The van der Waals surface area contributed by atoms with Crippen molar-refractivity contribution >= 4 is 0 Å². The molecule has 1 saturated carbocycles. The van der Waals surface area contributed by atoms with Crippen molar-refractivity contribution in [3.63, 3.8) is 0 Å². The summed E-state index contributed by atoms with van der Waals surface area (Å²) in [6, 6.07) is 4.57. The minimum Gasteiger partial charge on any atom is -0.467 e. The molecule has 2 atom stereocenters. The van der Waals surface area contributed by atoms with Crippen LogP contribution >= 0.6 is 0 Å². The highest BCUT2D eigenvalue weighted by molar-refractivity contribution is 4.95. The Bertz CT molecular complexity index is 310. The van der Waals surface area contributed by atoms with Gasteiger partial charge in [0, 0.05) is 12.6 Å². The molecule has 18 heavy (non-hydrogen) atoms. The molecule has 0 aliphatic heterocycles. The van der Waals surface area contributed by atoms with E-state index in [2.05, 4.69) is 12.2 Å². The van der Waals surface area contributed by atoms with E-state index in [1.807, 2.05) is 12.1 Å². The molecule has 0 spiro atoms. The van der Waals surface area contributed by atoms with Gasteiger partial charge in [0.15, 0.2) is 0 Å². The summed E-state index contributed by atoms with van der Waals surface area (Å²) < 4.78 is 10.8. The molecule has 0 radical (unpaired) electrons. The predicted octanol–water partition coefficient (Wildman–Crippen LogP) is 3.35. The fourth-order valence-electron chi connectivity index (χ4n) is 2.67. The lowest BCUT2D eigenvalue weighted by atomic mass is 9.87. The molecule has 3 nitrogen and oxygen atoms in total. The summed E-state index contributed by atoms with van der Waals surface area (Å²) >= 11 is 0. The van der Waals surface area contributed by atoms with Crippen LogP contribution in [0.15, 0.2) is 22.8 Å². The van der Waals surface area contributed by atoms with Crippen molar-refractivity contribution in [2.75, 3.05) is 13.2 Å². The van der Waals surface area contributed by atoms with Gasteiger partial charge in [-0.1, -0.05) is 19.8 Å². The first-order valence-electron chi connectivity index (χ1n) is 7.18. The van der Waals surface area contributed by atoms with Gasteiger partial charge in [-0.3, -0.25) is 0 Å². The van der Waals surface area contributed by atoms with Crippen LogP contribution in [-0.4, -0.2) is 19.2 Å². The number of ether oxygens (including phenoxy) is 1. The fraction of sp³-hybridized carbons (Fsp3) is 0.733. The van der Waals surface area contributed by atoms with E-state index in [9.17, 15) is 0 Å². The van der Waals surface area contributed by atoms with Crippen molar-refractivity contribution in [1.29, 1.82) is 0 Å². The lowest BCUT2D eigenvalue weighted by Crippen LogP contribution is -2.34. The Balaban J connectivity index is 1.46. The largest absolute Gasteiger partial charge is 0.467 e. The molecular formula is C15H25NO2. The topological polar surface area (TPSA) is 34.4 Å². The van der Waals surface area contributed by atoms with Crippen LogP contribution in [0.1, 0.15) is 44.8 Å². The molecule has 0 aromatic carbocycles. The molecule has 1 aromatic rings. The van der Waals surface area contributed by atoms with Crippen LogP contribution in [0, 0.1) is 5.92 Å². The molecule has 2 rings (SSSR count). The number of hydrogen-bond donors (Lipinski definition) is 1. The van der Waals surface area contributed by atoms with Crippen molar-refractivity contribution in [1.82, 2.24) is 5.32 Å². The van der Waals surface area contributed by atoms with Crippen LogP contribution in [0.2, 0.25) is 0 Å². The van der Waals surface area contributed by atoms with E-state index in [4.69, 9.17) is 9.15 Å². The normalized spacial score (nSPS) is 24.3. The molecular weight excluding hydrogens is 226 g/mol. The maximum Gasteiger partial charge on any atom is 0.129 e. The van der Waals surface area contributed by atoms with E-state index in [-0.39, 0.29) is 0 Å². The van der Waals surface area contributed by atoms with Gasteiger partial charge in [-0.15, -0.1) is 0 Å². The smallest absolute Gasteiger partial charge is 0.129 e. The lowest BCUT2D eigenvalue weighted by Gasteiger charge is -2.27. The van der Waals surface area contributed by atoms with E-state index in [0.29, 0.717) is 6.61 Å². The van der Waals surface area contributed by atoms with Crippen molar-refractivity contribution in [3.05, 3.63) is 24.2 Å². The first kappa shape index (κ1) is 13.6. The average Bonchev–Trinajstić information content (AvgIpc) is 2.87. The molecule has 1 heterocycles.